The van der Waals surface area contributed by atoms with E-state index in [9.17, 15) is 14.7 Å². The third-order valence-corrected chi connectivity index (χ3v) is 4.71. The Morgan fingerprint density at radius 2 is 1.92 bits per heavy atom. The van der Waals surface area contributed by atoms with Crippen molar-refractivity contribution in [1.29, 1.82) is 0 Å². The molecule has 138 valence electrons. The highest BCUT2D eigenvalue weighted by atomic mass is 16.5. The summed E-state index contributed by atoms with van der Waals surface area (Å²) in [6.07, 6.45) is 3.08. The fourth-order valence-electron chi connectivity index (χ4n) is 3.25. The number of hydrogen-bond acceptors (Lipinski definition) is 5. The summed E-state index contributed by atoms with van der Waals surface area (Å²) in [5.74, 6) is 0.151. The van der Waals surface area contributed by atoms with Crippen LogP contribution in [0.15, 0.2) is 0 Å². The Bertz CT molecular complexity index is 411. The second kappa shape index (κ2) is 9.96. The first-order valence-corrected chi connectivity index (χ1v) is 9.14. The smallest absolute Gasteiger partial charge is 0.242 e. The Morgan fingerprint density at radius 1 is 1.17 bits per heavy atom. The highest BCUT2D eigenvalue weighted by Crippen LogP contribution is 2.12. The molecule has 7 heteroatoms. The highest BCUT2D eigenvalue weighted by molar-refractivity contribution is 5.85. The molecule has 0 bridgehead atoms. The van der Waals surface area contributed by atoms with Crippen LogP contribution in [0, 0.1) is 0 Å². The van der Waals surface area contributed by atoms with Gasteiger partial charge in [-0.3, -0.25) is 14.5 Å². The first kappa shape index (κ1) is 19.1. The van der Waals surface area contributed by atoms with Crippen molar-refractivity contribution in [2.24, 2.45) is 0 Å². The number of carbonyl (C=O) groups is 2. The zero-order valence-electron chi connectivity index (χ0n) is 14.8. The van der Waals surface area contributed by atoms with Crippen LogP contribution < -0.4 is 0 Å². The number of nitrogens with zero attached hydrogens (tertiary/aromatic N) is 3. The second-order valence-corrected chi connectivity index (χ2v) is 6.62. The van der Waals surface area contributed by atoms with Crippen molar-refractivity contribution in [2.75, 3.05) is 59.0 Å². The SMILES string of the molecule is CCOCC(O)CN1CCN(C(=O)CN2CCCCCC2=O)CC1. The molecule has 2 heterocycles. The highest BCUT2D eigenvalue weighted by Gasteiger charge is 2.26. The topological polar surface area (TPSA) is 73.3 Å². The number of aliphatic hydroxyl groups is 1. The van der Waals surface area contributed by atoms with Crippen LogP contribution in [0.3, 0.4) is 0 Å². The van der Waals surface area contributed by atoms with Gasteiger partial charge in [-0.05, 0) is 19.8 Å². The van der Waals surface area contributed by atoms with E-state index >= 15 is 0 Å². The molecule has 0 spiro atoms. The lowest BCUT2D eigenvalue weighted by Gasteiger charge is -2.36. The fraction of sp³-hybridized carbons (Fsp3) is 0.882. The second-order valence-electron chi connectivity index (χ2n) is 6.62. The Morgan fingerprint density at radius 3 is 2.62 bits per heavy atom. The van der Waals surface area contributed by atoms with Gasteiger partial charge in [-0.25, -0.2) is 0 Å². The molecule has 2 amide bonds. The lowest BCUT2D eigenvalue weighted by Crippen LogP contribution is -2.53. The zero-order valence-corrected chi connectivity index (χ0v) is 14.8. The minimum Gasteiger partial charge on any atom is -0.389 e. The number of hydrogen-bond donors (Lipinski definition) is 1. The van der Waals surface area contributed by atoms with Crippen LogP contribution in [0.25, 0.3) is 0 Å². The van der Waals surface area contributed by atoms with E-state index in [-0.39, 0.29) is 18.4 Å². The van der Waals surface area contributed by atoms with E-state index < -0.39 is 6.10 Å². The Hall–Kier alpha value is -1.18. The summed E-state index contributed by atoms with van der Waals surface area (Å²) in [4.78, 5) is 30.1. The number of aliphatic hydroxyl groups excluding tert-OH is 1. The summed E-state index contributed by atoms with van der Waals surface area (Å²) in [6, 6.07) is 0. The van der Waals surface area contributed by atoms with Crippen molar-refractivity contribution in [3.63, 3.8) is 0 Å². The van der Waals surface area contributed by atoms with Crippen molar-refractivity contribution in [3.8, 4) is 0 Å². The van der Waals surface area contributed by atoms with Crippen LogP contribution in [0.4, 0.5) is 0 Å². The molecule has 2 aliphatic heterocycles. The van der Waals surface area contributed by atoms with E-state index in [0.717, 1.165) is 32.4 Å². The number of β-amino-alcohol motifs (C(OH)–C–C–N with tert-alkyl or cyclic N) is 1. The Labute approximate surface area is 144 Å². The first-order chi connectivity index (χ1) is 11.6. The minimum atomic E-state index is -0.484. The predicted octanol–water partition coefficient (Wildman–Crippen LogP) is -0.0694. The third-order valence-electron chi connectivity index (χ3n) is 4.71. The average molecular weight is 341 g/mol. The molecule has 0 saturated carbocycles. The van der Waals surface area contributed by atoms with Crippen LogP contribution >= 0.6 is 0 Å². The van der Waals surface area contributed by atoms with E-state index in [1.165, 1.54) is 0 Å². The van der Waals surface area contributed by atoms with Gasteiger partial charge in [0.15, 0.2) is 0 Å². The standard InChI is InChI=1S/C17H31N3O4/c1-2-24-14-15(21)12-18-8-10-19(11-9-18)17(23)13-20-7-5-3-4-6-16(20)22/h15,21H,2-14H2,1H3. The quantitative estimate of drug-likeness (QED) is 0.702. The lowest BCUT2D eigenvalue weighted by atomic mass is 10.2. The molecule has 0 radical (unpaired) electrons. The largest absolute Gasteiger partial charge is 0.389 e. The normalized spacial score (nSPS) is 21.7. The molecule has 2 saturated heterocycles. The number of likely N-dealkylation sites (tertiary alicyclic amines) is 1. The van der Waals surface area contributed by atoms with E-state index in [4.69, 9.17) is 4.74 Å². The van der Waals surface area contributed by atoms with Gasteiger partial charge in [0.2, 0.25) is 11.8 Å². The van der Waals surface area contributed by atoms with Gasteiger partial charge in [-0.2, -0.15) is 0 Å². The molecule has 2 rings (SSSR count). The van der Waals surface area contributed by atoms with Crippen LogP contribution in [-0.4, -0.2) is 96.8 Å². The van der Waals surface area contributed by atoms with Crippen molar-refractivity contribution in [3.05, 3.63) is 0 Å². The molecule has 0 aliphatic carbocycles. The van der Waals surface area contributed by atoms with E-state index in [1.54, 1.807) is 4.90 Å². The van der Waals surface area contributed by atoms with Crippen LogP contribution in [-0.2, 0) is 14.3 Å². The molecule has 2 fully saturated rings. The summed E-state index contributed by atoms with van der Waals surface area (Å²) >= 11 is 0. The predicted molar refractivity (Wildman–Crippen MR) is 90.6 cm³/mol. The fourth-order valence-corrected chi connectivity index (χ4v) is 3.25. The first-order valence-electron chi connectivity index (χ1n) is 9.14. The van der Waals surface area contributed by atoms with E-state index in [0.29, 0.717) is 45.8 Å². The average Bonchev–Trinajstić information content (AvgIpc) is 2.78. The summed E-state index contributed by atoms with van der Waals surface area (Å²) in [7, 11) is 0. The van der Waals surface area contributed by atoms with Gasteiger partial charge in [-0.1, -0.05) is 6.42 Å². The molecular weight excluding hydrogens is 310 g/mol. The van der Waals surface area contributed by atoms with Gasteiger partial charge in [0.25, 0.3) is 0 Å². The molecule has 0 aromatic carbocycles. The van der Waals surface area contributed by atoms with Gasteiger partial charge in [0.05, 0.1) is 19.3 Å². The molecule has 0 aromatic rings. The van der Waals surface area contributed by atoms with Gasteiger partial charge < -0.3 is 19.6 Å². The van der Waals surface area contributed by atoms with Crippen molar-refractivity contribution < 1.29 is 19.4 Å². The van der Waals surface area contributed by atoms with E-state index in [2.05, 4.69) is 4.90 Å². The number of ether oxygens (including phenoxy) is 1. The molecule has 1 unspecified atom stereocenters. The number of piperazine rings is 1. The summed E-state index contributed by atoms with van der Waals surface area (Å²) < 4.78 is 5.22. The summed E-state index contributed by atoms with van der Waals surface area (Å²) in [5, 5.41) is 9.89. The number of amides is 2. The monoisotopic (exact) mass is 341 g/mol. The molecule has 0 aromatic heterocycles. The summed E-state index contributed by atoms with van der Waals surface area (Å²) in [6.45, 7) is 7.18. The van der Waals surface area contributed by atoms with Gasteiger partial charge in [0.1, 0.15) is 0 Å². The minimum absolute atomic E-state index is 0.0414. The van der Waals surface area contributed by atoms with Gasteiger partial charge in [0, 0.05) is 52.3 Å². The maximum Gasteiger partial charge on any atom is 0.242 e. The zero-order chi connectivity index (χ0) is 17.4. The van der Waals surface area contributed by atoms with Gasteiger partial charge >= 0.3 is 0 Å². The van der Waals surface area contributed by atoms with E-state index in [1.807, 2.05) is 11.8 Å². The van der Waals surface area contributed by atoms with Gasteiger partial charge in [-0.15, -0.1) is 0 Å². The molecule has 7 nitrogen and oxygen atoms in total. The molecular formula is C17H31N3O4. The van der Waals surface area contributed by atoms with Crippen LogP contribution in [0.2, 0.25) is 0 Å². The van der Waals surface area contributed by atoms with Crippen molar-refractivity contribution in [1.82, 2.24) is 14.7 Å². The lowest BCUT2D eigenvalue weighted by molar-refractivity contribution is -0.141. The van der Waals surface area contributed by atoms with Crippen molar-refractivity contribution in [2.45, 2.75) is 38.7 Å². The summed E-state index contributed by atoms with van der Waals surface area (Å²) in [5.41, 5.74) is 0. The molecule has 1 N–H and O–H groups in total. The third kappa shape index (κ3) is 6.03. The molecule has 1 atom stereocenters. The molecule has 2 aliphatic rings. The Kier molecular flexibility index (Phi) is 7.94. The maximum atomic E-state index is 12.4. The maximum absolute atomic E-state index is 12.4. The van der Waals surface area contributed by atoms with Crippen molar-refractivity contribution >= 4 is 11.8 Å². The van der Waals surface area contributed by atoms with Crippen LogP contribution in [0.1, 0.15) is 32.6 Å². The van der Waals surface area contributed by atoms with Crippen LogP contribution in [0.5, 0.6) is 0 Å². The number of rotatable bonds is 7. The molecule has 24 heavy (non-hydrogen) atoms. The Balaban J connectivity index is 1.71. The number of carbonyl (C=O) groups excluding carboxylic acids is 2.